The summed E-state index contributed by atoms with van der Waals surface area (Å²) in [6.45, 7) is 5.06. The van der Waals surface area contributed by atoms with Crippen molar-refractivity contribution in [3.63, 3.8) is 0 Å². The number of nitrogens with one attached hydrogen (secondary N) is 1. The highest BCUT2D eigenvalue weighted by Gasteiger charge is 2.45. The van der Waals surface area contributed by atoms with Crippen molar-refractivity contribution in [3.8, 4) is 0 Å². The Hall–Kier alpha value is -2.71. The first-order valence-electron chi connectivity index (χ1n) is 9.78. The maximum absolute atomic E-state index is 12.7. The number of carbonyl (C=O) groups is 1. The van der Waals surface area contributed by atoms with Crippen molar-refractivity contribution >= 4 is 17.8 Å². The monoisotopic (exact) mass is 381 g/mol. The molecule has 28 heavy (non-hydrogen) atoms. The minimum absolute atomic E-state index is 0.152. The molecular formula is C20H25N6O2+. The zero-order valence-electron chi connectivity index (χ0n) is 16.1. The van der Waals surface area contributed by atoms with Crippen molar-refractivity contribution in [3.05, 3.63) is 47.2 Å². The number of carbonyl (C=O) groups excluding carboxylic acids is 1. The number of quaternary nitrogens is 1. The summed E-state index contributed by atoms with van der Waals surface area (Å²) >= 11 is 0. The minimum Gasteiger partial charge on any atom is -0.378 e. The van der Waals surface area contributed by atoms with E-state index in [4.69, 9.17) is 14.8 Å². The van der Waals surface area contributed by atoms with Crippen LogP contribution < -0.4 is 5.32 Å². The molecule has 8 heteroatoms. The molecule has 0 radical (unpaired) electrons. The van der Waals surface area contributed by atoms with Crippen LogP contribution in [0.4, 0.5) is 0 Å². The largest absolute Gasteiger partial charge is 0.378 e. The normalized spacial score (nSPS) is 27.1. The molecule has 0 aromatic heterocycles. The fourth-order valence-electron chi connectivity index (χ4n) is 4.16. The maximum atomic E-state index is 12.7. The molecule has 1 fully saturated rings. The van der Waals surface area contributed by atoms with E-state index in [1.807, 2.05) is 23.1 Å². The van der Waals surface area contributed by atoms with Crippen LogP contribution in [-0.2, 0) is 16.1 Å². The summed E-state index contributed by atoms with van der Waals surface area (Å²) in [7, 11) is 2.07. The number of morpholine rings is 1. The van der Waals surface area contributed by atoms with Gasteiger partial charge in [-0.2, -0.15) is 0 Å². The van der Waals surface area contributed by atoms with Crippen LogP contribution in [-0.4, -0.2) is 78.7 Å². The van der Waals surface area contributed by atoms with Gasteiger partial charge in [-0.05, 0) is 10.7 Å². The molecular weight excluding hydrogens is 356 g/mol. The first-order valence-corrected chi connectivity index (χ1v) is 9.78. The lowest BCUT2D eigenvalue weighted by molar-refractivity contribution is -0.824. The Kier molecular flexibility index (Phi) is 4.17. The molecule has 1 aromatic carbocycles. The number of fused-ring (bicyclic) bond motifs is 1. The lowest BCUT2D eigenvalue weighted by atomic mass is 10.0. The molecule has 4 aliphatic heterocycles. The molecule has 1 atom stereocenters. The van der Waals surface area contributed by atoms with Gasteiger partial charge >= 0.3 is 5.96 Å². The molecule has 0 saturated carbocycles. The molecule has 1 unspecified atom stereocenters. The van der Waals surface area contributed by atoms with Gasteiger partial charge in [-0.1, -0.05) is 30.3 Å². The number of rotatable bonds is 2. The van der Waals surface area contributed by atoms with Gasteiger partial charge < -0.3 is 14.5 Å². The second kappa shape index (κ2) is 6.72. The predicted molar refractivity (Wildman–Crippen MR) is 105 cm³/mol. The van der Waals surface area contributed by atoms with Crippen molar-refractivity contribution in [1.82, 2.24) is 15.1 Å². The second-order valence-corrected chi connectivity index (χ2v) is 7.85. The molecule has 8 nitrogen and oxygen atoms in total. The number of likely N-dealkylation sites (N-methyl/N-ethyl adjacent to an activating group) is 1. The molecule has 0 bridgehead atoms. The van der Waals surface area contributed by atoms with E-state index in [1.54, 1.807) is 0 Å². The number of guanidine groups is 2. The van der Waals surface area contributed by atoms with Crippen molar-refractivity contribution in [2.24, 2.45) is 10.1 Å². The summed E-state index contributed by atoms with van der Waals surface area (Å²) in [5, 5.41) is 8.33. The van der Waals surface area contributed by atoms with Gasteiger partial charge in [-0.25, -0.2) is 0 Å². The SMILES string of the molecule is C[N+]12CC3=C(CC(=O)N(Cc4ccccc4)C3)NC1=NC(N1CCOCC1)=N2. The van der Waals surface area contributed by atoms with Crippen molar-refractivity contribution < 1.29 is 14.1 Å². The predicted octanol–water partition coefficient (Wildman–Crippen LogP) is 0.696. The van der Waals surface area contributed by atoms with Crippen LogP contribution in [0.25, 0.3) is 0 Å². The Bertz CT molecular complexity index is 887. The van der Waals surface area contributed by atoms with Crippen LogP contribution >= 0.6 is 0 Å². The van der Waals surface area contributed by atoms with Crippen LogP contribution in [0.5, 0.6) is 0 Å². The zero-order valence-corrected chi connectivity index (χ0v) is 16.1. The summed E-state index contributed by atoms with van der Waals surface area (Å²) in [6.07, 6.45) is 0.397. The smallest absolute Gasteiger partial charge is 0.337 e. The number of amides is 1. The Labute approximate surface area is 164 Å². The number of benzene rings is 1. The van der Waals surface area contributed by atoms with E-state index >= 15 is 0 Å². The number of hydrogen-bond donors (Lipinski definition) is 1. The highest BCUT2D eigenvalue weighted by Crippen LogP contribution is 2.29. The molecule has 4 heterocycles. The van der Waals surface area contributed by atoms with E-state index in [-0.39, 0.29) is 5.91 Å². The Balaban J connectivity index is 1.35. The second-order valence-electron chi connectivity index (χ2n) is 7.85. The fraction of sp³-hybridized carbons (Fsp3) is 0.450. The topological polar surface area (TPSA) is 69.5 Å². The maximum Gasteiger partial charge on any atom is 0.337 e. The molecule has 1 N–H and O–H groups in total. The third kappa shape index (κ3) is 3.08. The molecule has 0 aliphatic carbocycles. The van der Waals surface area contributed by atoms with Crippen LogP contribution in [0.3, 0.4) is 0 Å². The third-order valence-corrected chi connectivity index (χ3v) is 5.73. The molecule has 1 aromatic rings. The minimum atomic E-state index is 0.152. The number of hydrogen-bond acceptors (Lipinski definition) is 6. The Morgan fingerprint density at radius 2 is 2.00 bits per heavy atom. The molecule has 1 amide bonds. The van der Waals surface area contributed by atoms with Gasteiger partial charge in [0, 0.05) is 37.4 Å². The van der Waals surface area contributed by atoms with Gasteiger partial charge in [0.1, 0.15) is 13.6 Å². The lowest BCUT2D eigenvalue weighted by Gasteiger charge is -2.37. The van der Waals surface area contributed by atoms with E-state index < -0.39 is 0 Å². The number of aliphatic imine (C=N–C) groups is 1. The molecule has 146 valence electrons. The van der Waals surface area contributed by atoms with Gasteiger partial charge in [0.15, 0.2) is 0 Å². The highest BCUT2D eigenvalue weighted by atomic mass is 16.5. The number of nitrogens with zero attached hydrogens (tertiary/aromatic N) is 5. The summed E-state index contributed by atoms with van der Waals surface area (Å²) in [5.41, 5.74) is 3.39. The van der Waals surface area contributed by atoms with Crippen LogP contribution in [0.1, 0.15) is 12.0 Å². The van der Waals surface area contributed by atoms with E-state index in [9.17, 15) is 4.79 Å². The van der Waals surface area contributed by atoms with Crippen molar-refractivity contribution in [1.29, 1.82) is 0 Å². The quantitative estimate of drug-likeness (QED) is 0.766. The highest BCUT2D eigenvalue weighted by molar-refractivity contribution is 5.97. The van der Waals surface area contributed by atoms with E-state index in [1.165, 1.54) is 5.57 Å². The van der Waals surface area contributed by atoms with Gasteiger partial charge in [0.05, 0.1) is 19.6 Å². The summed E-state index contributed by atoms with van der Waals surface area (Å²) in [5.74, 6) is 1.73. The van der Waals surface area contributed by atoms with Crippen molar-refractivity contribution in [2.45, 2.75) is 13.0 Å². The average Bonchev–Trinajstić information content (AvgIpc) is 3.05. The first-order chi connectivity index (χ1) is 13.6. The van der Waals surface area contributed by atoms with Crippen molar-refractivity contribution in [2.75, 3.05) is 46.4 Å². The van der Waals surface area contributed by atoms with E-state index in [2.05, 4.69) is 29.4 Å². The third-order valence-electron chi connectivity index (χ3n) is 5.73. The fourth-order valence-corrected chi connectivity index (χ4v) is 4.16. The lowest BCUT2D eigenvalue weighted by Crippen LogP contribution is -2.57. The summed E-state index contributed by atoms with van der Waals surface area (Å²) < 4.78 is 5.82. The molecule has 1 saturated heterocycles. The molecule has 4 aliphatic rings. The Morgan fingerprint density at radius 3 is 2.79 bits per heavy atom. The van der Waals surface area contributed by atoms with Crippen LogP contribution in [0, 0.1) is 0 Å². The van der Waals surface area contributed by atoms with E-state index in [0.717, 1.165) is 42.8 Å². The van der Waals surface area contributed by atoms with Gasteiger partial charge in [0.25, 0.3) is 5.96 Å². The molecule has 5 rings (SSSR count). The van der Waals surface area contributed by atoms with Crippen LogP contribution in [0.15, 0.2) is 51.7 Å². The zero-order chi connectivity index (χ0) is 19.1. The van der Waals surface area contributed by atoms with Crippen LogP contribution in [0.2, 0.25) is 0 Å². The van der Waals surface area contributed by atoms with E-state index in [0.29, 0.717) is 37.3 Å². The van der Waals surface area contributed by atoms with Gasteiger partial charge in [-0.15, -0.1) is 9.58 Å². The average molecular weight is 381 g/mol. The summed E-state index contributed by atoms with van der Waals surface area (Å²) in [4.78, 5) is 21.6. The standard InChI is InChI=1S/C20H25N6O2/c1-26-14-16-13-25(12-15-5-3-2-4-6-15)18(27)11-17(16)21-20(26)22-19(23-26)24-7-9-28-10-8-24/h2-6H,7-14H2,1H3,(H,21,22,23)/q+1. The van der Waals surface area contributed by atoms with Gasteiger partial charge in [-0.3, -0.25) is 10.1 Å². The molecule has 0 spiro atoms. The van der Waals surface area contributed by atoms with Gasteiger partial charge in [0.2, 0.25) is 5.91 Å². The number of ether oxygens (including phenoxy) is 1. The summed E-state index contributed by atoms with van der Waals surface area (Å²) in [6, 6.07) is 10.1. The first kappa shape index (κ1) is 17.4. The Morgan fingerprint density at radius 1 is 1.21 bits per heavy atom.